The van der Waals surface area contributed by atoms with Crippen LogP contribution >= 0.6 is 0 Å². The lowest BCUT2D eigenvalue weighted by atomic mass is 9.52. The minimum absolute atomic E-state index is 0.00930. The molecule has 0 radical (unpaired) electrons. The number of nitriles is 1. The van der Waals surface area contributed by atoms with Gasteiger partial charge >= 0.3 is 6.09 Å². The third-order valence-corrected chi connectivity index (χ3v) is 5.81. The maximum atomic E-state index is 12.6. The molecule has 2 rings (SSSR count). The highest BCUT2D eigenvalue weighted by Gasteiger charge is 2.61. The molecule has 4 atom stereocenters. The van der Waals surface area contributed by atoms with Crippen molar-refractivity contribution in [2.45, 2.75) is 58.6 Å². The van der Waals surface area contributed by atoms with Crippen molar-refractivity contribution in [3.8, 4) is 6.07 Å². The summed E-state index contributed by atoms with van der Waals surface area (Å²) in [6.45, 7) is 10.6. The highest BCUT2D eigenvalue weighted by molar-refractivity contribution is 5.88. The van der Waals surface area contributed by atoms with E-state index in [9.17, 15) is 14.9 Å². The van der Waals surface area contributed by atoms with Gasteiger partial charge in [0.05, 0.1) is 6.07 Å². The van der Waals surface area contributed by atoms with Crippen molar-refractivity contribution in [3.63, 3.8) is 0 Å². The Balaban J connectivity index is 2.31. The summed E-state index contributed by atoms with van der Waals surface area (Å²) in [5, 5.41) is 12.8. The molecule has 0 aromatic carbocycles. The summed E-state index contributed by atoms with van der Waals surface area (Å²) in [7, 11) is 1.87. The second kappa shape index (κ2) is 6.03. The summed E-state index contributed by atoms with van der Waals surface area (Å²) < 4.78 is 5.50. The fourth-order valence-electron chi connectivity index (χ4n) is 4.57. The second-order valence-electron chi connectivity index (χ2n) is 8.44. The minimum atomic E-state index is -0.606. The van der Waals surface area contributed by atoms with Crippen molar-refractivity contribution >= 4 is 11.9 Å². The van der Waals surface area contributed by atoms with E-state index in [0.29, 0.717) is 25.9 Å². The molecule has 1 heterocycles. The van der Waals surface area contributed by atoms with E-state index in [1.807, 2.05) is 34.7 Å². The summed E-state index contributed by atoms with van der Waals surface area (Å²) in [5.41, 5.74) is -1.29. The average molecular weight is 335 g/mol. The summed E-state index contributed by atoms with van der Waals surface area (Å²) in [5.74, 6) is -0.855. The van der Waals surface area contributed by atoms with Crippen molar-refractivity contribution in [1.29, 1.82) is 5.26 Å². The van der Waals surface area contributed by atoms with Gasteiger partial charge in [-0.05, 0) is 40.7 Å². The summed E-state index contributed by atoms with van der Waals surface area (Å²) in [6, 6.07) is 2.15. The lowest BCUT2D eigenvalue weighted by molar-refractivity contribution is -0.143. The van der Waals surface area contributed by atoms with Crippen LogP contribution in [0.4, 0.5) is 4.79 Å². The molecule has 6 heteroatoms. The molecule has 1 amide bonds. The molecular weight excluding hydrogens is 306 g/mol. The lowest BCUT2D eigenvalue weighted by Crippen LogP contribution is -2.72. The number of carbonyl (C=O) groups excluding carboxylic acids is 2. The number of likely N-dealkylation sites (tertiary alicyclic amines) is 1. The molecule has 1 unspecified atom stereocenters. The van der Waals surface area contributed by atoms with E-state index in [1.165, 1.54) is 0 Å². The van der Waals surface area contributed by atoms with Crippen LogP contribution in [0.3, 0.4) is 0 Å². The van der Waals surface area contributed by atoms with Crippen molar-refractivity contribution in [1.82, 2.24) is 10.2 Å². The van der Waals surface area contributed by atoms with Crippen molar-refractivity contribution in [2.24, 2.45) is 17.3 Å². The Morgan fingerprint density at radius 1 is 1.46 bits per heavy atom. The van der Waals surface area contributed by atoms with E-state index in [1.54, 1.807) is 4.90 Å². The van der Waals surface area contributed by atoms with Gasteiger partial charge < -0.3 is 15.0 Å². The van der Waals surface area contributed by atoms with Crippen LogP contribution in [0.25, 0.3) is 0 Å². The molecule has 2 fully saturated rings. The van der Waals surface area contributed by atoms with Crippen molar-refractivity contribution < 1.29 is 14.3 Å². The van der Waals surface area contributed by atoms with E-state index >= 15 is 0 Å². The van der Waals surface area contributed by atoms with Crippen LogP contribution in [0.2, 0.25) is 0 Å². The van der Waals surface area contributed by atoms with Crippen LogP contribution in [0, 0.1) is 28.6 Å². The van der Waals surface area contributed by atoms with E-state index in [0.717, 1.165) is 0 Å². The number of fused-ring (bicyclic) bond motifs is 1. The number of ketones is 1. The first-order valence-corrected chi connectivity index (χ1v) is 8.60. The first-order chi connectivity index (χ1) is 11.0. The lowest BCUT2D eigenvalue weighted by Gasteiger charge is -2.60. The monoisotopic (exact) mass is 335 g/mol. The van der Waals surface area contributed by atoms with Gasteiger partial charge in [0.15, 0.2) is 5.78 Å². The van der Waals surface area contributed by atoms with E-state index in [4.69, 9.17) is 4.74 Å². The zero-order valence-corrected chi connectivity index (χ0v) is 15.6. The van der Waals surface area contributed by atoms with Gasteiger partial charge in [-0.15, -0.1) is 0 Å². The number of rotatable bonds is 1. The number of carbonyl (C=O) groups is 2. The highest BCUT2D eigenvalue weighted by atomic mass is 16.6. The Kier molecular flexibility index (Phi) is 4.71. The maximum Gasteiger partial charge on any atom is 0.410 e. The number of amides is 1. The highest BCUT2D eigenvalue weighted by Crippen LogP contribution is 2.52. The van der Waals surface area contributed by atoms with E-state index in [-0.39, 0.29) is 23.2 Å². The Bertz CT molecular complexity index is 577. The Labute approximate surface area is 144 Å². The SMILES string of the molecule is CN[C@@]12CCN(C(=O)OC(C)(C)C)C[C@@]1(C)CC(C#N)C(=O)[C@H]2C. The molecule has 2 aliphatic rings. The van der Waals surface area contributed by atoms with Gasteiger partial charge in [-0.2, -0.15) is 5.26 Å². The fourth-order valence-corrected chi connectivity index (χ4v) is 4.57. The zero-order chi connectivity index (χ0) is 18.3. The number of nitrogens with one attached hydrogen (secondary N) is 1. The molecule has 6 nitrogen and oxygen atoms in total. The molecule has 1 saturated heterocycles. The average Bonchev–Trinajstić information content (AvgIpc) is 2.49. The summed E-state index contributed by atoms with van der Waals surface area (Å²) in [4.78, 5) is 26.7. The summed E-state index contributed by atoms with van der Waals surface area (Å²) >= 11 is 0. The third-order valence-electron chi connectivity index (χ3n) is 5.81. The molecule has 24 heavy (non-hydrogen) atoms. The van der Waals surface area contributed by atoms with Gasteiger partial charge in [-0.25, -0.2) is 4.79 Å². The number of hydrogen-bond acceptors (Lipinski definition) is 5. The van der Waals surface area contributed by atoms with Crippen LogP contribution in [0.5, 0.6) is 0 Å². The van der Waals surface area contributed by atoms with Gasteiger partial charge in [-0.1, -0.05) is 13.8 Å². The summed E-state index contributed by atoms with van der Waals surface area (Å²) in [6.07, 6.45) is 0.809. The van der Waals surface area contributed by atoms with E-state index in [2.05, 4.69) is 18.3 Å². The molecule has 1 saturated carbocycles. The second-order valence-corrected chi connectivity index (χ2v) is 8.44. The third kappa shape index (κ3) is 2.90. The molecule has 1 aliphatic heterocycles. The van der Waals surface area contributed by atoms with Crippen LogP contribution in [0.15, 0.2) is 0 Å². The maximum absolute atomic E-state index is 12.6. The molecule has 0 bridgehead atoms. The number of ether oxygens (including phenoxy) is 1. The minimum Gasteiger partial charge on any atom is -0.444 e. The molecule has 1 N–H and O–H groups in total. The number of hydrogen-bond donors (Lipinski definition) is 1. The number of nitrogens with zero attached hydrogens (tertiary/aromatic N) is 2. The fraction of sp³-hybridized carbons (Fsp3) is 0.833. The molecule has 134 valence electrons. The normalized spacial score (nSPS) is 36.7. The number of piperidine rings is 1. The quantitative estimate of drug-likeness (QED) is 0.795. The topological polar surface area (TPSA) is 82.4 Å². The van der Waals surface area contributed by atoms with Gasteiger partial charge in [0.25, 0.3) is 0 Å². The zero-order valence-electron chi connectivity index (χ0n) is 15.6. The molecular formula is C18H29N3O3. The van der Waals surface area contributed by atoms with Crippen LogP contribution in [-0.2, 0) is 9.53 Å². The van der Waals surface area contributed by atoms with Crippen LogP contribution in [-0.4, -0.2) is 48.1 Å². The Morgan fingerprint density at radius 2 is 2.08 bits per heavy atom. The van der Waals surface area contributed by atoms with Gasteiger partial charge in [0.1, 0.15) is 11.5 Å². The molecule has 0 aromatic rings. The standard InChI is InChI=1S/C18H29N3O3/c1-12-14(22)13(10-19)9-17(5)11-21(8-7-18(12,17)20-6)15(23)24-16(2,3)4/h12-13,20H,7-9,11H2,1-6H3/t12-,13?,17-,18-/m1/s1. The molecule has 0 spiro atoms. The van der Waals surface area contributed by atoms with Gasteiger partial charge in [0.2, 0.25) is 0 Å². The largest absolute Gasteiger partial charge is 0.444 e. The number of Topliss-reactive ketones (excluding diaryl/α,β-unsaturated/α-hetero) is 1. The smallest absolute Gasteiger partial charge is 0.410 e. The van der Waals surface area contributed by atoms with Gasteiger partial charge in [0, 0.05) is 30.0 Å². The van der Waals surface area contributed by atoms with Crippen LogP contribution in [0.1, 0.15) is 47.5 Å². The van der Waals surface area contributed by atoms with Crippen LogP contribution < -0.4 is 5.32 Å². The van der Waals surface area contributed by atoms with Crippen molar-refractivity contribution in [3.05, 3.63) is 0 Å². The predicted octanol–water partition coefficient (Wildman–Crippen LogP) is 2.34. The first-order valence-electron chi connectivity index (χ1n) is 8.60. The Hall–Kier alpha value is -1.61. The predicted molar refractivity (Wildman–Crippen MR) is 90.2 cm³/mol. The van der Waals surface area contributed by atoms with Gasteiger partial charge in [-0.3, -0.25) is 4.79 Å². The first kappa shape index (κ1) is 18.7. The van der Waals surface area contributed by atoms with Crippen molar-refractivity contribution in [2.75, 3.05) is 20.1 Å². The van der Waals surface area contributed by atoms with E-state index < -0.39 is 17.1 Å². The molecule has 1 aliphatic carbocycles. The Morgan fingerprint density at radius 3 is 2.58 bits per heavy atom. The molecule has 0 aromatic heterocycles.